The topological polar surface area (TPSA) is 12.0 Å². The van der Waals surface area contributed by atoms with E-state index in [0.29, 0.717) is 11.8 Å². The van der Waals surface area contributed by atoms with Crippen molar-refractivity contribution in [3.63, 3.8) is 0 Å². The first-order chi connectivity index (χ1) is 11.3. The molecule has 1 aliphatic rings. The van der Waals surface area contributed by atoms with Gasteiger partial charge < -0.3 is 4.72 Å². The third-order valence-electron chi connectivity index (χ3n) is 4.36. The van der Waals surface area contributed by atoms with Crippen LogP contribution in [0.4, 0.5) is 0 Å². The van der Waals surface area contributed by atoms with Gasteiger partial charge in [0, 0.05) is 16.5 Å². The second-order valence-corrected chi connectivity index (χ2v) is 6.98. The summed E-state index contributed by atoms with van der Waals surface area (Å²) >= 11 is 1.65. The van der Waals surface area contributed by atoms with E-state index in [1.165, 1.54) is 22.4 Å². The Morgan fingerprint density at radius 2 is 1.70 bits per heavy atom. The first-order valence-electron chi connectivity index (χ1n) is 8.13. The number of benzene rings is 2. The molecule has 0 aromatic heterocycles. The molecule has 2 aromatic carbocycles. The van der Waals surface area contributed by atoms with E-state index in [1.54, 1.807) is 11.9 Å². The summed E-state index contributed by atoms with van der Waals surface area (Å²) < 4.78 is 3.38. The molecule has 2 atom stereocenters. The van der Waals surface area contributed by atoms with Crippen molar-refractivity contribution in [2.45, 2.75) is 24.2 Å². The quantitative estimate of drug-likeness (QED) is 0.516. The molecule has 2 aromatic rings. The fourth-order valence-corrected chi connectivity index (χ4v) is 3.41. The Balaban J connectivity index is 1.45. The van der Waals surface area contributed by atoms with Crippen molar-refractivity contribution in [1.82, 2.24) is 4.72 Å². The monoisotopic (exact) mass is 321 g/mol. The molecule has 0 amide bonds. The lowest BCUT2D eigenvalue weighted by atomic mass is 10.0. The summed E-state index contributed by atoms with van der Waals surface area (Å²) in [6.45, 7) is 7.98. The van der Waals surface area contributed by atoms with Crippen LogP contribution in [0.15, 0.2) is 84.4 Å². The van der Waals surface area contributed by atoms with Gasteiger partial charge in [-0.1, -0.05) is 55.1 Å². The highest BCUT2D eigenvalue weighted by atomic mass is 32.2. The normalized spacial score (nSPS) is 19.1. The van der Waals surface area contributed by atoms with Crippen LogP contribution in [0.5, 0.6) is 0 Å². The minimum absolute atomic E-state index is 0.574. The van der Waals surface area contributed by atoms with Crippen molar-refractivity contribution in [2.24, 2.45) is 11.8 Å². The summed E-state index contributed by atoms with van der Waals surface area (Å²) in [7, 11) is 0. The van der Waals surface area contributed by atoms with E-state index in [9.17, 15) is 0 Å². The van der Waals surface area contributed by atoms with E-state index < -0.39 is 0 Å². The van der Waals surface area contributed by atoms with Crippen molar-refractivity contribution < 1.29 is 0 Å². The maximum Gasteiger partial charge on any atom is 0.0284 e. The molecule has 0 radical (unpaired) electrons. The number of aryl methyl sites for hydroxylation is 2. The standard InChI is InChI=1S/C21H23NS/c1-3-19-15-21(19)16(2)22-23-20-13-11-18(12-14-20)10-9-17-7-5-4-6-8-17/h3-8,11-14,19,21-22H,1-2,9-10,15H2. The van der Waals surface area contributed by atoms with Crippen LogP contribution in [-0.2, 0) is 12.8 Å². The van der Waals surface area contributed by atoms with Crippen LogP contribution >= 0.6 is 11.9 Å². The third kappa shape index (κ3) is 4.52. The van der Waals surface area contributed by atoms with Gasteiger partial charge in [0.2, 0.25) is 0 Å². The maximum atomic E-state index is 4.13. The van der Waals surface area contributed by atoms with Crippen LogP contribution in [0.2, 0.25) is 0 Å². The minimum Gasteiger partial charge on any atom is -0.330 e. The third-order valence-corrected chi connectivity index (χ3v) is 5.23. The second kappa shape index (κ2) is 7.56. The lowest BCUT2D eigenvalue weighted by molar-refractivity contribution is 0.886. The Bertz CT molecular complexity index is 660. The highest BCUT2D eigenvalue weighted by Crippen LogP contribution is 2.43. The molecule has 23 heavy (non-hydrogen) atoms. The summed E-state index contributed by atoms with van der Waals surface area (Å²) in [6.07, 6.45) is 5.39. The van der Waals surface area contributed by atoms with Gasteiger partial charge in [0.15, 0.2) is 0 Å². The molecule has 0 bridgehead atoms. The van der Waals surface area contributed by atoms with Gasteiger partial charge in [-0.2, -0.15) is 0 Å². The summed E-state index contributed by atoms with van der Waals surface area (Å²) in [5, 5.41) is 0. The first-order valence-corrected chi connectivity index (χ1v) is 8.95. The number of allylic oxidation sites excluding steroid dienone is 2. The van der Waals surface area contributed by atoms with Crippen LogP contribution < -0.4 is 4.72 Å². The number of hydrogen-bond donors (Lipinski definition) is 1. The van der Waals surface area contributed by atoms with Crippen molar-refractivity contribution in [1.29, 1.82) is 0 Å². The van der Waals surface area contributed by atoms with Gasteiger partial charge in [-0.05, 0) is 60.4 Å². The molecule has 1 nitrogen and oxygen atoms in total. The fraction of sp³-hybridized carbons (Fsp3) is 0.238. The van der Waals surface area contributed by atoms with Crippen LogP contribution in [0.1, 0.15) is 17.5 Å². The summed E-state index contributed by atoms with van der Waals surface area (Å²) in [6, 6.07) is 19.5. The van der Waals surface area contributed by atoms with Crippen LogP contribution in [0, 0.1) is 11.8 Å². The van der Waals surface area contributed by atoms with Crippen molar-refractivity contribution in [2.75, 3.05) is 0 Å². The number of rotatable bonds is 8. The fourth-order valence-electron chi connectivity index (χ4n) is 2.73. The van der Waals surface area contributed by atoms with Gasteiger partial charge in [-0.3, -0.25) is 0 Å². The van der Waals surface area contributed by atoms with Crippen molar-refractivity contribution >= 4 is 11.9 Å². The Labute approximate surface area is 143 Å². The zero-order valence-corrected chi connectivity index (χ0v) is 14.2. The Hall–Kier alpha value is -1.93. The van der Waals surface area contributed by atoms with E-state index in [4.69, 9.17) is 0 Å². The molecular weight excluding hydrogens is 298 g/mol. The van der Waals surface area contributed by atoms with Gasteiger partial charge in [0.1, 0.15) is 0 Å². The predicted molar refractivity (Wildman–Crippen MR) is 100 cm³/mol. The predicted octanol–water partition coefficient (Wildman–Crippen LogP) is 5.40. The van der Waals surface area contributed by atoms with Crippen molar-refractivity contribution in [3.8, 4) is 0 Å². The molecule has 0 aliphatic heterocycles. The zero-order valence-electron chi connectivity index (χ0n) is 13.4. The average Bonchev–Trinajstić information content (AvgIpc) is 3.39. The highest BCUT2D eigenvalue weighted by Gasteiger charge is 2.36. The van der Waals surface area contributed by atoms with E-state index in [2.05, 4.69) is 72.5 Å². The Kier molecular flexibility index (Phi) is 5.24. The minimum atomic E-state index is 0.574. The van der Waals surface area contributed by atoms with Gasteiger partial charge >= 0.3 is 0 Å². The van der Waals surface area contributed by atoms with Crippen LogP contribution in [-0.4, -0.2) is 0 Å². The second-order valence-electron chi connectivity index (χ2n) is 6.10. The summed E-state index contributed by atoms with van der Waals surface area (Å²) in [5.74, 6) is 1.20. The van der Waals surface area contributed by atoms with E-state index in [0.717, 1.165) is 18.5 Å². The molecule has 118 valence electrons. The van der Waals surface area contributed by atoms with Crippen LogP contribution in [0.25, 0.3) is 0 Å². The molecule has 2 heteroatoms. The molecule has 1 fully saturated rings. The van der Waals surface area contributed by atoms with Gasteiger partial charge in [-0.15, -0.1) is 6.58 Å². The molecule has 0 saturated heterocycles. The summed E-state index contributed by atoms with van der Waals surface area (Å²) in [4.78, 5) is 1.23. The SMILES string of the molecule is C=CC1CC1C(=C)NSc1ccc(CCc2ccccc2)cc1. The Morgan fingerprint density at radius 3 is 2.30 bits per heavy atom. The molecule has 2 unspecified atom stereocenters. The van der Waals surface area contributed by atoms with Crippen LogP contribution in [0.3, 0.4) is 0 Å². The molecular formula is C21H23NS. The molecule has 1 N–H and O–H groups in total. The average molecular weight is 321 g/mol. The smallest absolute Gasteiger partial charge is 0.0284 e. The number of nitrogens with one attached hydrogen (secondary N) is 1. The van der Waals surface area contributed by atoms with Crippen molar-refractivity contribution in [3.05, 3.63) is 90.7 Å². The van der Waals surface area contributed by atoms with Gasteiger partial charge in [0.05, 0.1) is 0 Å². The molecule has 1 saturated carbocycles. The molecule has 0 spiro atoms. The molecule has 3 rings (SSSR count). The van der Waals surface area contributed by atoms with Gasteiger partial charge in [0.25, 0.3) is 0 Å². The number of hydrogen-bond acceptors (Lipinski definition) is 2. The van der Waals surface area contributed by atoms with E-state index in [1.807, 2.05) is 6.08 Å². The highest BCUT2D eigenvalue weighted by molar-refractivity contribution is 7.97. The largest absolute Gasteiger partial charge is 0.330 e. The Morgan fingerprint density at radius 1 is 1.04 bits per heavy atom. The zero-order chi connectivity index (χ0) is 16.1. The molecule has 0 heterocycles. The lowest BCUT2D eigenvalue weighted by Gasteiger charge is -2.08. The van der Waals surface area contributed by atoms with Gasteiger partial charge in [-0.25, -0.2) is 0 Å². The first kappa shape index (κ1) is 15.9. The lowest BCUT2D eigenvalue weighted by Crippen LogP contribution is -2.04. The maximum absolute atomic E-state index is 4.13. The summed E-state index contributed by atoms with van der Waals surface area (Å²) in [5.41, 5.74) is 3.89. The molecule has 1 aliphatic carbocycles. The van der Waals surface area contributed by atoms with E-state index in [-0.39, 0.29) is 0 Å². The van der Waals surface area contributed by atoms with E-state index >= 15 is 0 Å².